The van der Waals surface area contributed by atoms with Gasteiger partial charge in [-0.05, 0) is 45.0 Å². The fraction of sp³-hybridized carbons (Fsp3) is 0.474. The van der Waals surface area contributed by atoms with E-state index >= 15 is 0 Å². The number of aliphatic hydroxyl groups excluding tert-OH is 1. The predicted octanol–water partition coefficient (Wildman–Crippen LogP) is 2.03. The largest absolute Gasteiger partial charge is 0.493 e. The lowest BCUT2D eigenvalue weighted by molar-refractivity contribution is -0.110. The fourth-order valence-corrected chi connectivity index (χ4v) is 2.75. The highest BCUT2D eigenvalue weighted by molar-refractivity contribution is 6.08. The van der Waals surface area contributed by atoms with Gasteiger partial charge in [-0.2, -0.15) is 0 Å². The predicted molar refractivity (Wildman–Crippen MR) is 98.6 cm³/mol. The van der Waals surface area contributed by atoms with Crippen molar-refractivity contribution >= 4 is 23.2 Å². The molecule has 7 nitrogen and oxygen atoms in total. The molecular weight excluding hydrogens is 374 g/mol. The Morgan fingerprint density at radius 2 is 2.11 bits per heavy atom. The van der Waals surface area contributed by atoms with Gasteiger partial charge in [-0.15, -0.1) is 0 Å². The van der Waals surface area contributed by atoms with Crippen LogP contribution >= 0.6 is 0 Å². The van der Waals surface area contributed by atoms with E-state index < -0.39 is 30.4 Å². The number of amides is 1. The minimum absolute atomic E-state index is 0.0910. The second-order valence-electron chi connectivity index (χ2n) is 6.54. The van der Waals surface area contributed by atoms with E-state index in [4.69, 9.17) is 14.3 Å². The minimum atomic E-state index is -2.43. The van der Waals surface area contributed by atoms with Crippen LogP contribution in [0.25, 0.3) is 11.0 Å². The van der Waals surface area contributed by atoms with Crippen molar-refractivity contribution in [1.82, 2.24) is 5.32 Å². The molecule has 1 unspecified atom stereocenters. The maximum Gasteiger partial charge on any atom is 0.256 e. The highest BCUT2D eigenvalue weighted by Gasteiger charge is 2.52. The summed E-state index contributed by atoms with van der Waals surface area (Å²) in [5, 5.41) is 11.9. The lowest BCUT2D eigenvalue weighted by Gasteiger charge is -2.15. The van der Waals surface area contributed by atoms with Crippen LogP contribution in [0.5, 0.6) is 5.75 Å². The third-order valence-electron chi connectivity index (χ3n) is 4.62. The molecule has 154 valence electrons. The molecule has 1 heterocycles. The van der Waals surface area contributed by atoms with E-state index in [1.54, 1.807) is 25.1 Å². The zero-order chi connectivity index (χ0) is 20.9. The Balaban J connectivity index is 0.00000136. The van der Waals surface area contributed by atoms with E-state index in [1.165, 1.54) is 7.05 Å². The van der Waals surface area contributed by atoms with Gasteiger partial charge in [0.2, 0.25) is 6.43 Å². The third-order valence-corrected chi connectivity index (χ3v) is 4.62. The van der Waals surface area contributed by atoms with Gasteiger partial charge in [0, 0.05) is 5.39 Å². The Hall–Kier alpha value is -2.52. The van der Waals surface area contributed by atoms with Gasteiger partial charge in [0.1, 0.15) is 29.4 Å². The van der Waals surface area contributed by atoms with Gasteiger partial charge in [0.15, 0.2) is 0 Å². The number of aryl methyl sites for hydroxylation is 1. The average molecular weight is 398 g/mol. The third kappa shape index (κ3) is 4.48. The maximum absolute atomic E-state index is 13.0. The molecule has 0 radical (unpaired) electrons. The molecule has 1 amide bonds. The van der Waals surface area contributed by atoms with Crippen molar-refractivity contribution in [3.63, 3.8) is 0 Å². The molecule has 9 heteroatoms. The molecule has 28 heavy (non-hydrogen) atoms. The standard InChI is InChI=1S/C18H19F2NO5.CH5N/c1-10-15(16(24)21-11(7-22)8-23)13-6-12(2-3-14(13)26-10)25-9-18(4-5-18)17(19)20;1-2/h2-3,6-7,11,17,23H,4-5,8-9H2,1H3,(H,21,24);2H2,1H3. The van der Waals surface area contributed by atoms with Crippen molar-refractivity contribution < 1.29 is 32.6 Å². The molecule has 1 atom stereocenters. The molecule has 1 fully saturated rings. The van der Waals surface area contributed by atoms with Crippen LogP contribution < -0.4 is 15.8 Å². The van der Waals surface area contributed by atoms with E-state index in [0.29, 0.717) is 41.6 Å². The highest BCUT2D eigenvalue weighted by atomic mass is 19.3. The molecule has 1 aliphatic rings. The van der Waals surface area contributed by atoms with Gasteiger partial charge >= 0.3 is 0 Å². The molecule has 0 spiro atoms. The average Bonchev–Trinajstić information content (AvgIpc) is 3.42. The molecule has 3 rings (SSSR count). The number of ether oxygens (including phenoxy) is 1. The van der Waals surface area contributed by atoms with Crippen LogP contribution in [0.3, 0.4) is 0 Å². The summed E-state index contributed by atoms with van der Waals surface area (Å²) in [7, 11) is 1.50. The number of furan rings is 1. The summed E-state index contributed by atoms with van der Waals surface area (Å²) in [6.07, 6.45) is -1.13. The van der Waals surface area contributed by atoms with Gasteiger partial charge in [0.05, 0.1) is 24.2 Å². The first kappa shape index (κ1) is 21.8. The van der Waals surface area contributed by atoms with Crippen molar-refractivity contribution in [2.45, 2.75) is 32.2 Å². The Labute approximate surface area is 160 Å². The number of fused-ring (bicyclic) bond motifs is 1. The molecular formula is C19H24F2N2O5. The van der Waals surface area contributed by atoms with Gasteiger partial charge in [-0.1, -0.05) is 0 Å². The number of halogens is 2. The number of benzene rings is 1. The van der Waals surface area contributed by atoms with Crippen molar-refractivity contribution in [2.75, 3.05) is 20.3 Å². The van der Waals surface area contributed by atoms with Crippen LogP contribution in [0.4, 0.5) is 8.78 Å². The highest BCUT2D eigenvalue weighted by Crippen LogP contribution is 2.50. The summed E-state index contributed by atoms with van der Waals surface area (Å²) in [6.45, 7) is 0.987. The SMILES string of the molecule is CN.Cc1oc2ccc(OCC3(C(F)F)CC3)cc2c1C(=O)NC(C=O)CO. The topological polar surface area (TPSA) is 115 Å². The molecule has 0 aliphatic heterocycles. The number of carbonyl (C=O) groups excluding carboxylic acids is 2. The van der Waals surface area contributed by atoms with E-state index in [-0.39, 0.29) is 12.2 Å². The summed E-state index contributed by atoms with van der Waals surface area (Å²) in [5.41, 5.74) is 4.07. The Morgan fingerprint density at radius 1 is 1.43 bits per heavy atom. The number of rotatable bonds is 8. The van der Waals surface area contributed by atoms with Crippen LogP contribution in [-0.2, 0) is 4.79 Å². The van der Waals surface area contributed by atoms with Crippen LogP contribution in [0.15, 0.2) is 22.6 Å². The molecule has 2 aromatic rings. The van der Waals surface area contributed by atoms with E-state index in [0.717, 1.165) is 0 Å². The molecule has 0 bridgehead atoms. The van der Waals surface area contributed by atoms with Crippen LogP contribution in [0.1, 0.15) is 29.0 Å². The molecule has 0 saturated heterocycles. The lowest BCUT2D eigenvalue weighted by Crippen LogP contribution is -2.38. The van der Waals surface area contributed by atoms with Gasteiger partial charge in [-0.3, -0.25) is 4.79 Å². The summed E-state index contributed by atoms with van der Waals surface area (Å²) in [4.78, 5) is 23.2. The molecule has 1 aliphatic carbocycles. The van der Waals surface area contributed by atoms with Crippen molar-refractivity contribution in [2.24, 2.45) is 11.1 Å². The van der Waals surface area contributed by atoms with Crippen molar-refractivity contribution in [3.05, 3.63) is 29.5 Å². The summed E-state index contributed by atoms with van der Waals surface area (Å²) in [6, 6.07) is 3.72. The summed E-state index contributed by atoms with van der Waals surface area (Å²) >= 11 is 0. The summed E-state index contributed by atoms with van der Waals surface area (Å²) < 4.78 is 37.0. The quantitative estimate of drug-likeness (QED) is 0.586. The van der Waals surface area contributed by atoms with Crippen molar-refractivity contribution in [1.29, 1.82) is 0 Å². The number of hydrogen-bond donors (Lipinski definition) is 3. The Morgan fingerprint density at radius 3 is 2.64 bits per heavy atom. The second kappa shape index (κ2) is 9.11. The lowest BCUT2D eigenvalue weighted by atomic mass is 10.1. The number of alkyl halides is 2. The van der Waals surface area contributed by atoms with E-state index in [2.05, 4.69) is 11.1 Å². The number of aldehydes is 1. The van der Waals surface area contributed by atoms with Gasteiger partial charge < -0.3 is 30.1 Å². The van der Waals surface area contributed by atoms with Crippen LogP contribution in [0, 0.1) is 12.3 Å². The van der Waals surface area contributed by atoms with Crippen molar-refractivity contribution in [3.8, 4) is 5.75 Å². The zero-order valence-corrected chi connectivity index (χ0v) is 15.7. The molecule has 1 saturated carbocycles. The Bertz CT molecular complexity index is 833. The zero-order valence-electron chi connectivity index (χ0n) is 15.7. The second-order valence-corrected chi connectivity index (χ2v) is 6.54. The molecule has 4 N–H and O–H groups in total. The van der Waals surface area contributed by atoms with Gasteiger partial charge in [0.25, 0.3) is 5.91 Å². The monoisotopic (exact) mass is 398 g/mol. The fourth-order valence-electron chi connectivity index (χ4n) is 2.75. The number of nitrogens with one attached hydrogen (secondary N) is 1. The minimum Gasteiger partial charge on any atom is -0.493 e. The first-order chi connectivity index (χ1) is 13.4. The number of carbonyl (C=O) groups is 2. The number of nitrogens with two attached hydrogens (primary N) is 1. The smallest absolute Gasteiger partial charge is 0.256 e. The van der Waals surface area contributed by atoms with Crippen LogP contribution in [-0.4, -0.2) is 50.0 Å². The van der Waals surface area contributed by atoms with E-state index in [1.807, 2.05) is 0 Å². The maximum atomic E-state index is 13.0. The number of hydrogen-bond acceptors (Lipinski definition) is 6. The first-order valence-corrected chi connectivity index (χ1v) is 8.79. The first-order valence-electron chi connectivity index (χ1n) is 8.79. The number of aliphatic hydroxyl groups is 1. The summed E-state index contributed by atoms with van der Waals surface area (Å²) in [5.74, 6) is 0.118. The Kier molecular flexibility index (Phi) is 7.09. The normalized spacial score (nSPS) is 15.5. The molecule has 1 aromatic carbocycles. The molecule has 1 aromatic heterocycles. The van der Waals surface area contributed by atoms with Crippen LogP contribution in [0.2, 0.25) is 0 Å². The van der Waals surface area contributed by atoms with Gasteiger partial charge in [-0.25, -0.2) is 8.78 Å². The van der Waals surface area contributed by atoms with E-state index in [9.17, 15) is 18.4 Å².